The zero-order valence-corrected chi connectivity index (χ0v) is 17.4. The van der Waals surface area contributed by atoms with Gasteiger partial charge < -0.3 is 20.8 Å². The molecular formula is C16H24O3SiW. The molecule has 116 valence electrons. The third kappa shape index (κ3) is 7.73. The molecule has 0 saturated heterocycles. The van der Waals surface area contributed by atoms with E-state index in [0.29, 0.717) is 12.6 Å². The Balaban J connectivity index is 0.00000400. The van der Waals surface area contributed by atoms with Crippen molar-refractivity contribution in [1.82, 2.24) is 0 Å². The quantitative estimate of drug-likeness (QED) is 0.337. The maximum atomic E-state index is 5.91. The van der Waals surface area contributed by atoms with Crippen molar-refractivity contribution in [3.05, 3.63) is 48.8 Å². The molecule has 1 unspecified atom stereocenters. The monoisotopic (exact) mass is 476 g/mol. The molecule has 1 atom stereocenters. The van der Waals surface area contributed by atoms with Gasteiger partial charge in [0.25, 0.3) is 5.95 Å². The van der Waals surface area contributed by atoms with E-state index < -0.39 is 8.32 Å². The molecule has 0 bridgehead atoms. The van der Waals surface area contributed by atoms with Crippen molar-refractivity contribution in [2.75, 3.05) is 13.7 Å². The summed E-state index contributed by atoms with van der Waals surface area (Å²) in [6, 6.07) is 8.82. The summed E-state index contributed by atoms with van der Waals surface area (Å²) in [4.78, 5) is 0. The molecule has 21 heavy (non-hydrogen) atoms. The van der Waals surface area contributed by atoms with Crippen LogP contribution in [0.4, 0.5) is 0 Å². The van der Waals surface area contributed by atoms with E-state index in [1.807, 2.05) is 25.1 Å². The molecule has 1 rings (SSSR count). The van der Waals surface area contributed by atoms with Crippen molar-refractivity contribution in [2.24, 2.45) is 0 Å². The number of methoxy groups -OCH3 is 1. The van der Waals surface area contributed by atoms with Crippen LogP contribution in [-0.2, 0) is 30.2 Å². The molecule has 0 fully saturated rings. The maximum Gasteiger partial charge on any atom is 2.00 e. The van der Waals surface area contributed by atoms with E-state index in [1.165, 1.54) is 0 Å². The molecule has 0 spiro atoms. The second-order valence-corrected chi connectivity index (χ2v) is 9.85. The summed E-state index contributed by atoms with van der Waals surface area (Å²) >= 11 is 0. The predicted molar refractivity (Wildman–Crippen MR) is 84.1 cm³/mol. The van der Waals surface area contributed by atoms with Gasteiger partial charge in [0.2, 0.25) is 8.32 Å². The van der Waals surface area contributed by atoms with Crippen molar-refractivity contribution in [3.63, 3.8) is 0 Å². The van der Waals surface area contributed by atoms with Crippen LogP contribution < -0.4 is 4.74 Å². The van der Waals surface area contributed by atoms with Crippen LogP contribution in [0.3, 0.4) is 0 Å². The summed E-state index contributed by atoms with van der Waals surface area (Å²) in [5.74, 6) is 1.28. The molecule has 0 amide bonds. The fourth-order valence-corrected chi connectivity index (χ4v) is 2.32. The second-order valence-electron chi connectivity index (χ2n) is 5.42. The molecule has 0 aliphatic rings. The van der Waals surface area contributed by atoms with Gasteiger partial charge in [-0.1, -0.05) is 0 Å². The van der Waals surface area contributed by atoms with Gasteiger partial charge in [-0.05, 0) is 32.6 Å². The number of benzene rings is 1. The van der Waals surface area contributed by atoms with Gasteiger partial charge in [-0.3, -0.25) is 0 Å². The average Bonchev–Trinajstić information content (AvgIpc) is 2.37. The zero-order chi connectivity index (χ0) is 15.2. The standard InChI is InChI=1S/C16H24O3Si.W/c1-7-18-16(19-20(4,5)6)12-13(2)14-8-10-15(17-3)11-9-14;/h8,10-13H,2,7H2,1,3-6H3;/q-2;+2. The van der Waals surface area contributed by atoms with Crippen LogP contribution in [0.25, 0.3) is 0 Å². The number of ether oxygens (including phenoxy) is 2. The Morgan fingerprint density at radius 2 is 2.05 bits per heavy atom. The van der Waals surface area contributed by atoms with Crippen LogP contribution in [0.5, 0.6) is 5.75 Å². The van der Waals surface area contributed by atoms with Crippen molar-refractivity contribution in [3.8, 4) is 5.75 Å². The Hall–Kier alpha value is -0.735. The van der Waals surface area contributed by atoms with Crippen molar-refractivity contribution in [2.45, 2.75) is 32.5 Å². The van der Waals surface area contributed by atoms with E-state index in [-0.39, 0.29) is 27.0 Å². The fraction of sp³-hybridized carbons (Fsp3) is 0.438. The molecule has 0 aromatic heterocycles. The minimum atomic E-state index is -1.69. The molecule has 0 heterocycles. The Morgan fingerprint density at radius 3 is 2.48 bits per heavy atom. The van der Waals surface area contributed by atoms with Gasteiger partial charge in [0, 0.05) is 5.75 Å². The minimum absolute atomic E-state index is 0. The van der Waals surface area contributed by atoms with Crippen LogP contribution >= 0.6 is 0 Å². The number of hydrogen-bond acceptors (Lipinski definition) is 3. The number of allylic oxidation sites excluding steroid dienone is 1. The Labute approximate surface area is 144 Å². The Bertz CT molecular complexity index is 438. The van der Waals surface area contributed by atoms with E-state index in [1.54, 1.807) is 13.2 Å². The molecule has 1 aromatic rings. The summed E-state index contributed by atoms with van der Waals surface area (Å²) in [5.41, 5.74) is 0.974. The largest absolute Gasteiger partial charge is 2.00 e. The summed E-state index contributed by atoms with van der Waals surface area (Å²) in [6.45, 7) is 13.0. The summed E-state index contributed by atoms with van der Waals surface area (Å²) < 4.78 is 16.6. The van der Waals surface area contributed by atoms with E-state index in [0.717, 1.165) is 11.3 Å². The van der Waals surface area contributed by atoms with Gasteiger partial charge in [0.05, 0.1) is 13.7 Å². The maximum absolute atomic E-state index is 5.91. The Morgan fingerprint density at radius 1 is 1.38 bits per heavy atom. The predicted octanol–water partition coefficient (Wildman–Crippen LogP) is 4.14. The molecule has 5 heteroatoms. The summed E-state index contributed by atoms with van der Waals surface area (Å²) in [7, 11) is -0.0530. The van der Waals surface area contributed by atoms with Gasteiger partial charge in [-0.15, -0.1) is 18.1 Å². The van der Waals surface area contributed by atoms with E-state index >= 15 is 0 Å². The van der Waals surface area contributed by atoms with E-state index in [9.17, 15) is 0 Å². The topological polar surface area (TPSA) is 27.7 Å². The summed E-state index contributed by atoms with van der Waals surface area (Å²) in [6.07, 6.45) is 1.90. The Kier molecular flexibility index (Phi) is 8.99. The van der Waals surface area contributed by atoms with Crippen LogP contribution in [0.2, 0.25) is 19.6 Å². The smallest absolute Gasteiger partial charge is 0.554 e. The third-order valence-corrected chi connectivity index (χ3v) is 3.29. The van der Waals surface area contributed by atoms with Gasteiger partial charge in [0.1, 0.15) is 0 Å². The van der Waals surface area contributed by atoms with Crippen molar-refractivity contribution in [1.29, 1.82) is 0 Å². The van der Waals surface area contributed by atoms with Crippen molar-refractivity contribution < 1.29 is 35.0 Å². The van der Waals surface area contributed by atoms with Gasteiger partial charge >= 0.3 is 21.1 Å². The molecule has 0 saturated carbocycles. The van der Waals surface area contributed by atoms with Crippen LogP contribution in [0, 0.1) is 13.0 Å². The molecule has 0 aliphatic heterocycles. The molecule has 0 aliphatic carbocycles. The van der Waals surface area contributed by atoms with Gasteiger partial charge in [-0.25, -0.2) is 0 Å². The first kappa shape index (κ1) is 20.3. The number of rotatable bonds is 7. The molecule has 3 nitrogen and oxygen atoms in total. The molecular weight excluding hydrogens is 452 g/mol. The first-order chi connectivity index (χ1) is 9.35. The second kappa shape index (κ2) is 9.32. The van der Waals surface area contributed by atoms with Crippen LogP contribution in [0.1, 0.15) is 18.4 Å². The minimum Gasteiger partial charge on any atom is -0.554 e. The molecule has 1 aromatic carbocycles. The third-order valence-electron chi connectivity index (χ3n) is 2.47. The van der Waals surface area contributed by atoms with Gasteiger partial charge in [-0.2, -0.15) is 17.7 Å². The van der Waals surface area contributed by atoms with Crippen LogP contribution in [0.15, 0.2) is 30.2 Å². The van der Waals surface area contributed by atoms with E-state index in [4.69, 9.17) is 13.9 Å². The molecule has 0 radical (unpaired) electrons. The van der Waals surface area contributed by atoms with Crippen molar-refractivity contribution >= 4 is 8.32 Å². The average molecular weight is 476 g/mol. The summed E-state index contributed by atoms with van der Waals surface area (Å²) in [5, 5.41) is 0. The fourth-order valence-electron chi connectivity index (χ4n) is 1.59. The van der Waals surface area contributed by atoms with Gasteiger partial charge in [0.15, 0.2) is 0 Å². The first-order valence-corrected chi connectivity index (χ1v) is 10.2. The van der Waals surface area contributed by atoms with E-state index in [2.05, 4.69) is 32.6 Å². The SMILES string of the molecule is [CH2-]C(C=C(OCC)O[Si](C)(C)C)c1[c-]cc(OC)cc1.[W+2]. The zero-order valence-electron chi connectivity index (χ0n) is 13.4. The normalized spacial score (nSPS) is 13.1. The first-order valence-electron chi connectivity index (χ1n) is 6.78. The van der Waals surface area contributed by atoms with Crippen LogP contribution in [-0.4, -0.2) is 22.0 Å². The number of hydrogen-bond donors (Lipinski definition) is 0. The molecule has 0 N–H and O–H groups in total.